The van der Waals surface area contributed by atoms with Crippen molar-refractivity contribution in [1.82, 2.24) is 0 Å². The third kappa shape index (κ3) is 3.27. The Kier molecular flexibility index (Phi) is 4.67. The third-order valence-corrected chi connectivity index (χ3v) is 3.96. The molecule has 0 heterocycles. The zero-order chi connectivity index (χ0) is 13.0. The van der Waals surface area contributed by atoms with Crippen molar-refractivity contribution in [3.63, 3.8) is 0 Å². The standard InChI is InChI=1S/C15H14BrClO/c1-2-18-14-9-5-12(6-10-14)15(16)11-3-7-13(17)8-4-11/h3-10,15H,2H2,1H3. The van der Waals surface area contributed by atoms with Crippen LogP contribution in [0.3, 0.4) is 0 Å². The number of alkyl halides is 1. The highest BCUT2D eigenvalue weighted by atomic mass is 79.9. The summed E-state index contributed by atoms with van der Waals surface area (Å²) in [6.07, 6.45) is 0. The van der Waals surface area contributed by atoms with E-state index in [2.05, 4.69) is 28.1 Å². The Morgan fingerprint density at radius 2 is 1.50 bits per heavy atom. The van der Waals surface area contributed by atoms with Gasteiger partial charge in [0, 0.05) is 5.02 Å². The number of benzene rings is 2. The van der Waals surface area contributed by atoms with Crippen LogP contribution in [0.15, 0.2) is 48.5 Å². The molecule has 18 heavy (non-hydrogen) atoms. The van der Waals surface area contributed by atoms with Crippen LogP contribution >= 0.6 is 27.5 Å². The molecule has 0 spiro atoms. The maximum absolute atomic E-state index is 5.89. The average molecular weight is 326 g/mol. The van der Waals surface area contributed by atoms with Gasteiger partial charge in [-0.1, -0.05) is 51.8 Å². The van der Waals surface area contributed by atoms with Crippen LogP contribution in [0.5, 0.6) is 5.75 Å². The Bertz CT molecular complexity index is 493. The van der Waals surface area contributed by atoms with Crippen molar-refractivity contribution in [2.24, 2.45) is 0 Å². The summed E-state index contributed by atoms with van der Waals surface area (Å²) < 4.78 is 5.43. The fraction of sp³-hybridized carbons (Fsp3) is 0.200. The summed E-state index contributed by atoms with van der Waals surface area (Å²) in [5.41, 5.74) is 2.38. The first kappa shape index (κ1) is 13.4. The zero-order valence-electron chi connectivity index (χ0n) is 10.1. The molecule has 0 aliphatic carbocycles. The lowest BCUT2D eigenvalue weighted by Gasteiger charge is -2.11. The first-order valence-electron chi connectivity index (χ1n) is 5.83. The first-order valence-corrected chi connectivity index (χ1v) is 7.12. The molecule has 0 aromatic heterocycles. The number of hydrogen-bond donors (Lipinski definition) is 0. The summed E-state index contributed by atoms with van der Waals surface area (Å²) in [6.45, 7) is 2.67. The molecule has 0 amide bonds. The van der Waals surface area contributed by atoms with Gasteiger partial charge in [0.1, 0.15) is 5.75 Å². The minimum absolute atomic E-state index is 0.172. The van der Waals surface area contributed by atoms with Crippen LogP contribution in [0, 0.1) is 0 Å². The van der Waals surface area contributed by atoms with E-state index in [0.29, 0.717) is 6.61 Å². The molecule has 0 N–H and O–H groups in total. The second-order valence-corrected chi connectivity index (χ2v) is 5.27. The second kappa shape index (κ2) is 6.26. The minimum atomic E-state index is 0.172. The minimum Gasteiger partial charge on any atom is -0.494 e. The van der Waals surface area contributed by atoms with Crippen LogP contribution in [0.25, 0.3) is 0 Å². The maximum atomic E-state index is 5.89. The van der Waals surface area contributed by atoms with Gasteiger partial charge in [-0.15, -0.1) is 0 Å². The topological polar surface area (TPSA) is 9.23 Å². The van der Waals surface area contributed by atoms with E-state index >= 15 is 0 Å². The quantitative estimate of drug-likeness (QED) is 0.700. The summed E-state index contributed by atoms with van der Waals surface area (Å²) in [6, 6.07) is 16.0. The normalized spacial score (nSPS) is 12.2. The van der Waals surface area contributed by atoms with E-state index in [1.165, 1.54) is 11.1 Å². The average Bonchev–Trinajstić information content (AvgIpc) is 2.40. The highest BCUT2D eigenvalue weighted by Gasteiger charge is 2.10. The molecule has 1 nitrogen and oxygen atoms in total. The van der Waals surface area contributed by atoms with Gasteiger partial charge in [-0.25, -0.2) is 0 Å². The van der Waals surface area contributed by atoms with E-state index in [4.69, 9.17) is 16.3 Å². The van der Waals surface area contributed by atoms with Gasteiger partial charge in [0.05, 0.1) is 11.4 Å². The Labute approximate surface area is 121 Å². The maximum Gasteiger partial charge on any atom is 0.119 e. The molecular weight excluding hydrogens is 312 g/mol. The van der Waals surface area contributed by atoms with Crippen molar-refractivity contribution in [2.45, 2.75) is 11.8 Å². The molecule has 0 aliphatic rings. The largest absolute Gasteiger partial charge is 0.494 e. The summed E-state index contributed by atoms with van der Waals surface area (Å²) in [4.78, 5) is 0.172. The van der Waals surface area contributed by atoms with E-state index in [1.807, 2.05) is 43.3 Å². The number of ether oxygens (including phenoxy) is 1. The predicted octanol–water partition coefficient (Wildman–Crippen LogP) is 5.22. The summed E-state index contributed by atoms with van der Waals surface area (Å²) in [5.74, 6) is 0.900. The smallest absolute Gasteiger partial charge is 0.119 e. The number of halogens is 2. The van der Waals surface area contributed by atoms with Gasteiger partial charge >= 0.3 is 0 Å². The monoisotopic (exact) mass is 324 g/mol. The van der Waals surface area contributed by atoms with E-state index in [1.54, 1.807) is 0 Å². The predicted molar refractivity (Wildman–Crippen MR) is 79.8 cm³/mol. The Balaban J connectivity index is 2.17. The van der Waals surface area contributed by atoms with Crippen molar-refractivity contribution >= 4 is 27.5 Å². The molecular formula is C15H14BrClO. The van der Waals surface area contributed by atoms with E-state index in [0.717, 1.165) is 10.8 Å². The van der Waals surface area contributed by atoms with Crippen LogP contribution in [0.1, 0.15) is 22.9 Å². The zero-order valence-corrected chi connectivity index (χ0v) is 12.4. The van der Waals surface area contributed by atoms with Crippen LogP contribution in [-0.2, 0) is 0 Å². The molecule has 0 saturated heterocycles. The molecule has 0 aliphatic heterocycles. The van der Waals surface area contributed by atoms with E-state index in [9.17, 15) is 0 Å². The third-order valence-electron chi connectivity index (χ3n) is 2.65. The molecule has 1 unspecified atom stereocenters. The summed E-state index contributed by atoms with van der Waals surface area (Å²) in [7, 11) is 0. The fourth-order valence-corrected chi connectivity index (χ4v) is 2.46. The molecule has 0 radical (unpaired) electrons. The molecule has 0 fully saturated rings. The van der Waals surface area contributed by atoms with Gasteiger partial charge in [0.2, 0.25) is 0 Å². The van der Waals surface area contributed by atoms with Gasteiger partial charge in [-0.2, -0.15) is 0 Å². The van der Waals surface area contributed by atoms with E-state index in [-0.39, 0.29) is 4.83 Å². The van der Waals surface area contributed by atoms with Gasteiger partial charge in [0.25, 0.3) is 0 Å². The van der Waals surface area contributed by atoms with Crippen LogP contribution in [-0.4, -0.2) is 6.61 Å². The molecule has 2 aromatic carbocycles. The van der Waals surface area contributed by atoms with Gasteiger partial charge in [-0.05, 0) is 42.3 Å². The molecule has 0 bridgehead atoms. The lowest BCUT2D eigenvalue weighted by Crippen LogP contribution is -1.94. The first-order chi connectivity index (χ1) is 8.70. The van der Waals surface area contributed by atoms with Crippen molar-refractivity contribution < 1.29 is 4.74 Å². The molecule has 1 atom stereocenters. The van der Waals surface area contributed by atoms with Crippen molar-refractivity contribution in [1.29, 1.82) is 0 Å². The number of rotatable bonds is 4. The molecule has 3 heteroatoms. The lowest BCUT2D eigenvalue weighted by atomic mass is 10.0. The highest BCUT2D eigenvalue weighted by Crippen LogP contribution is 2.32. The van der Waals surface area contributed by atoms with E-state index < -0.39 is 0 Å². The fourth-order valence-electron chi connectivity index (χ4n) is 1.72. The lowest BCUT2D eigenvalue weighted by molar-refractivity contribution is 0.340. The highest BCUT2D eigenvalue weighted by molar-refractivity contribution is 9.09. The van der Waals surface area contributed by atoms with Crippen LogP contribution in [0.2, 0.25) is 5.02 Å². The number of hydrogen-bond acceptors (Lipinski definition) is 1. The van der Waals surface area contributed by atoms with Crippen molar-refractivity contribution in [2.75, 3.05) is 6.61 Å². The summed E-state index contributed by atoms with van der Waals surface area (Å²) in [5, 5.41) is 0.755. The molecule has 2 aromatic rings. The van der Waals surface area contributed by atoms with Gasteiger partial charge in [-0.3, -0.25) is 0 Å². The Morgan fingerprint density at radius 3 is 2.00 bits per heavy atom. The van der Waals surface area contributed by atoms with Gasteiger partial charge in [0.15, 0.2) is 0 Å². The van der Waals surface area contributed by atoms with Crippen LogP contribution in [0.4, 0.5) is 0 Å². The summed E-state index contributed by atoms with van der Waals surface area (Å²) >= 11 is 9.58. The Hall–Kier alpha value is -0.990. The molecule has 2 rings (SSSR count). The molecule has 0 saturated carbocycles. The van der Waals surface area contributed by atoms with Crippen molar-refractivity contribution in [3.8, 4) is 5.75 Å². The molecule has 94 valence electrons. The van der Waals surface area contributed by atoms with Crippen molar-refractivity contribution in [3.05, 3.63) is 64.7 Å². The van der Waals surface area contributed by atoms with Gasteiger partial charge < -0.3 is 4.74 Å². The second-order valence-electron chi connectivity index (χ2n) is 3.92. The SMILES string of the molecule is CCOc1ccc(C(Br)c2ccc(Cl)cc2)cc1. The Morgan fingerprint density at radius 1 is 1.00 bits per heavy atom. The van der Waals surface area contributed by atoms with Crippen LogP contribution < -0.4 is 4.74 Å².